The van der Waals surface area contributed by atoms with Crippen LogP contribution in [0.15, 0.2) is 103 Å². The average molecular weight is 527 g/mol. The largest absolute Gasteiger partial charge is 0.496 e. The molecule has 0 radical (unpaired) electrons. The van der Waals surface area contributed by atoms with Crippen molar-refractivity contribution in [3.05, 3.63) is 120 Å². The minimum atomic E-state index is -0.508. The highest BCUT2D eigenvalue weighted by atomic mass is 16.8. The van der Waals surface area contributed by atoms with E-state index >= 15 is 0 Å². The van der Waals surface area contributed by atoms with Gasteiger partial charge in [0, 0.05) is 19.3 Å². The van der Waals surface area contributed by atoms with Crippen LogP contribution in [0.2, 0.25) is 0 Å². The molecule has 0 bridgehead atoms. The van der Waals surface area contributed by atoms with Crippen molar-refractivity contribution >= 4 is 0 Å². The van der Waals surface area contributed by atoms with E-state index in [1.165, 1.54) is 6.42 Å². The predicted molar refractivity (Wildman–Crippen MR) is 150 cm³/mol. The van der Waals surface area contributed by atoms with Crippen LogP contribution in [-0.4, -0.2) is 30.2 Å². The van der Waals surface area contributed by atoms with Crippen LogP contribution in [-0.2, 0) is 43.5 Å². The van der Waals surface area contributed by atoms with Crippen molar-refractivity contribution < 1.29 is 23.7 Å². The standard InChI is InChI=1S/C34H38O5/c1-5-13-26(14-6-1)22-35-25-29-21-30-32(39-34(38-30)19-11-4-12-20-34)33(37-24-28-17-9-3-10-18-28)31(29)36-23-27-15-7-2-8-16-27/h1-3,5-10,13-18,25,30-33H,4,11-12,19-24H2/b29-25-/t30-,31-,32-,33+/m1/s1. The van der Waals surface area contributed by atoms with E-state index < -0.39 is 5.79 Å². The second-order valence-corrected chi connectivity index (χ2v) is 10.9. The lowest BCUT2D eigenvalue weighted by Crippen LogP contribution is -2.51. The van der Waals surface area contributed by atoms with Gasteiger partial charge in [-0.05, 0) is 35.1 Å². The molecule has 39 heavy (non-hydrogen) atoms. The summed E-state index contributed by atoms with van der Waals surface area (Å²) in [6, 6.07) is 30.8. The molecule has 6 rings (SSSR count). The first-order chi connectivity index (χ1) is 19.3. The van der Waals surface area contributed by atoms with Crippen LogP contribution in [0.5, 0.6) is 0 Å². The Kier molecular flexibility index (Phi) is 8.41. The highest BCUT2D eigenvalue weighted by Gasteiger charge is 2.56. The SMILES string of the molecule is C(/OCc1ccccc1)=C1\C[C@H]2OC3(CCCCC3)O[C@H]2[C@@H](OCc2ccccc2)[C@@H]1OCc1ccccc1. The summed E-state index contributed by atoms with van der Waals surface area (Å²) in [5.74, 6) is -0.508. The summed E-state index contributed by atoms with van der Waals surface area (Å²) in [5.41, 5.74) is 4.43. The monoisotopic (exact) mass is 526 g/mol. The van der Waals surface area contributed by atoms with Crippen molar-refractivity contribution in [2.45, 2.75) is 88.5 Å². The third-order valence-electron chi connectivity index (χ3n) is 8.01. The van der Waals surface area contributed by atoms with E-state index in [0.29, 0.717) is 26.2 Å². The summed E-state index contributed by atoms with van der Waals surface area (Å²) in [6.07, 6.45) is 7.03. The molecular formula is C34H38O5. The molecule has 1 heterocycles. The van der Waals surface area contributed by atoms with E-state index in [-0.39, 0.29) is 24.4 Å². The van der Waals surface area contributed by atoms with Crippen molar-refractivity contribution in [1.82, 2.24) is 0 Å². The summed E-state index contributed by atoms with van der Waals surface area (Å²) < 4.78 is 33.0. The molecule has 2 saturated carbocycles. The Hall–Kier alpha value is -2.96. The lowest BCUT2D eigenvalue weighted by molar-refractivity contribution is -0.207. The minimum absolute atomic E-state index is 0.0907. The number of fused-ring (bicyclic) bond motifs is 1. The highest BCUT2D eigenvalue weighted by molar-refractivity contribution is 5.21. The fourth-order valence-corrected chi connectivity index (χ4v) is 6.03. The van der Waals surface area contributed by atoms with Gasteiger partial charge in [-0.2, -0.15) is 0 Å². The average Bonchev–Trinajstić information content (AvgIpc) is 3.33. The number of hydrogen-bond donors (Lipinski definition) is 0. The maximum atomic E-state index is 6.80. The lowest BCUT2D eigenvalue weighted by Gasteiger charge is -2.39. The summed E-state index contributed by atoms with van der Waals surface area (Å²) >= 11 is 0. The molecule has 1 saturated heterocycles. The van der Waals surface area contributed by atoms with Crippen molar-refractivity contribution in [1.29, 1.82) is 0 Å². The molecule has 2 aliphatic carbocycles. The topological polar surface area (TPSA) is 46.2 Å². The minimum Gasteiger partial charge on any atom is -0.496 e. The third-order valence-corrected chi connectivity index (χ3v) is 8.01. The Morgan fingerprint density at radius 3 is 1.85 bits per heavy atom. The summed E-state index contributed by atoms with van der Waals surface area (Å²) in [5, 5.41) is 0. The summed E-state index contributed by atoms with van der Waals surface area (Å²) in [7, 11) is 0. The van der Waals surface area contributed by atoms with E-state index in [1.54, 1.807) is 0 Å². The quantitative estimate of drug-likeness (QED) is 0.278. The Balaban J connectivity index is 1.27. The van der Waals surface area contributed by atoms with Gasteiger partial charge in [-0.1, -0.05) is 97.4 Å². The highest BCUT2D eigenvalue weighted by Crippen LogP contribution is 2.47. The Labute approximate surface area is 231 Å². The first kappa shape index (κ1) is 26.3. The van der Waals surface area contributed by atoms with Gasteiger partial charge in [0.15, 0.2) is 5.79 Å². The van der Waals surface area contributed by atoms with Crippen molar-refractivity contribution in [2.75, 3.05) is 0 Å². The maximum Gasteiger partial charge on any atom is 0.169 e. The molecule has 3 aliphatic rings. The van der Waals surface area contributed by atoms with E-state index in [9.17, 15) is 0 Å². The van der Waals surface area contributed by atoms with E-state index in [0.717, 1.165) is 47.9 Å². The molecule has 1 spiro atoms. The van der Waals surface area contributed by atoms with Crippen LogP contribution in [0.1, 0.15) is 55.2 Å². The number of hydrogen-bond acceptors (Lipinski definition) is 5. The molecule has 1 aliphatic heterocycles. The van der Waals surface area contributed by atoms with Gasteiger partial charge in [-0.15, -0.1) is 0 Å². The van der Waals surface area contributed by atoms with E-state index in [1.807, 2.05) is 60.9 Å². The maximum absolute atomic E-state index is 6.80. The lowest BCUT2D eigenvalue weighted by atomic mass is 9.85. The fraction of sp³-hybridized carbons (Fsp3) is 0.412. The van der Waals surface area contributed by atoms with Crippen molar-refractivity contribution in [2.24, 2.45) is 0 Å². The molecule has 5 heteroatoms. The zero-order chi connectivity index (χ0) is 26.3. The molecule has 5 nitrogen and oxygen atoms in total. The van der Waals surface area contributed by atoms with Crippen LogP contribution in [0.3, 0.4) is 0 Å². The van der Waals surface area contributed by atoms with Gasteiger partial charge in [0.2, 0.25) is 0 Å². The van der Waals surface area contributed by atoms with Gasteiger partial charge < -0.3 is 23.7 Å². The molecular weight excluding hydrogens is 488 g/mol. The van der Waals surface area contributed by atoms with Gasteiger partial charge in [0.25, 0.3) is 0 Å². The molecule has 3 aromatic rings. The Morgan fingerprint density at radius 2 is 1.23 bits per heavy atom. The van der Waals surface area contributed by atoms with Gasteiger partial charge in [0.1, 0.15) is 24.9 Å². The van der Waals surface area contributed by atoms with Crippen LogP contribution in [0.25, 0.3) is 0 Å². The molecule has 0 amide bonds. The van der Waals surface area contributed by atoms with Gasteiger partial charge >= 0.3 is 0 Å². The molecule has 0 unspecified atom stereocenters. The van der Waals surface area contributed by atoms with Crippen LogP contribution in [0, 0.1) is 0 Å². The third kappa shape index (κ3) is 6.44. The molecule has 3 aromatic carbocycles. The Morgan fingerprint density at radius 1 is 0.667 bits per heavy atom. The van der Waals surface area contributed by atoms with Crippen LogP contribution >= 0.6 is 0 Å². The summed E-state index contributed by atoms with van der Waals surface area (Å²) in [4.78, 5) is 0. The second-order valence-electron chi connectivity index (χ2n) is 10.9. The van der Waals surface area contributed by atoms with Gasteiger partial charge in [-0.25, -0.2) is 0 Å². The van der Waals surface area contributed by atoms with Crippen LogP contribution < -0.4 is 0 Å². The molecule has 204 valence electrons. The number of benzene rings is 3. The molecule has 3 fully saturated rings. The summed E-state index contributed by atoms with van der Waals surface area (Å²) in [6.45, 7) is 1.46. The number of rotatable bonds is 9. The van der Waals surface area contributed by atoms with E-state index in [2.05, 4.69) is 36.4 Å². The first-order valence-electron chi connectivity index (χ1n) is 14.3. The van der Waals surface area contributed by atoms with Crippen molar-refractivity contribution in [3.8, 4) is 0 Å². The zero-order valence-corrected chi connectivity index (χ0v) is 22.5. The molecule has 4 atom stereocenters. The molecule has 0 aromatic heterocycles. The Bertz CT molecular complexity index is 1190. The second kappa shape index (κ2) is 12.5. The normalized spacial score (nSPS) is 26.9. The fourth-order valence-electron chi connectivity index (χ4n) is 6.03. The molecule has 0 N–H and O–H groups in total. The number of ether oxygens (including phenoxy) is 5. The van der Waals surface area contributed by atoms with Crippen LogP contribution in [0.4, 0.5) is 0 Å². The smallest absolute Gasteiger partial charge is 0.169 e. The van der Waals surface area contributed by atoms with E-state index in [4.69, 9.17) is 23.7 Å². The van der Waals surface area contributed by atoms with Crippen molar-refractivity contribution in [3.63, 3.8) is 0 Å². The van der Waals surface area contributed by atoms with Gasteiger partial charge in [-0.3, -0.25) is 0 Å². The first-order valence-corrected chi connectivity index (χ1v) is 14.3. The predicted octanol–water partition coefficient (Wildman–Crippen LogP) is 7.11. The van der Waals surface area contributed by atoms with Gasteiger partial charge in [0.05, 0.1) is 25.6 Å². The zero-order valence-electron chi connectivity index (χ0n) is 22.5.